The quantitative estimate of drug-likeness (QED) is 0.381. The highest BCUT2D eigenvalue weighted by Gasteiger charge is 2.12. The molecule has 4 aromatic rings. The molecule has 0 bridgehead atoms. The van der Waals surface area contributed by atoms with Gasteiger partial charge in [-0.1, -0.05) is 23.7 Å². The van der Waals surface area contributed by atoms with Gasteiger partial charge in [0.25, 0.3) is 0 Å². The van der Waals surface area contributed by atoms with Crippen molar-refractivity contribution in [2.45, 2.75) is 19.4 Å². The molecule has 1 amide bonds. The second-order valence-corrected chi connectivity index (χ2v) is 8.31. The molecule has 0 radical (unpaired) electrons. The molecular weight excluding hydrogens is 422 g/mol. The van der Waals surface area contributed by atoms with Gasteiger partial charge in [-0.3, -0.25) is 9.59 Å². The third-order valence-corrected chi connectivity index (χ3v) is 5.62. The number of fused-ring (bicyclic) bond motifs is 1. The molecule has 3 aromatic heterocycles. The monoisotopic (exact) mass is 439 g/mol. The molecule has 1 N–H and O–H groups in total. The first-order chi connectivity index (χ1) is 14.6. The van der Waals surface area contributed by atoms with Crippen LogP contribution in [0, 0.1) is 0 Å². The minimum Gasteiger partial charge on any atom is -0.487 e. The molecule has 0 aliphatic carbocycles. The van der Waals surface area contributed by atoms with Gasteiger partial charge < -0.3 is 14.5 Å². The minimum atomic E-state index is -0.233. The van der Waals surface area contributed by atoms with E-state index in [0.29, 0.717) is 27.3 Å². The maximum atomic E-state index is 12.2. The number of carbonyl (C=O) groups excluding carboxylic acids is 2. The number of hydrogen-bond acceptors (Lipinski definition) is 5. The first-order valence-corrected chi connectivity index (χ1v) is 10.5. The van der Waals surface area contributed by atoms with E-state index in [0.717, 1.165) is 11.3 Å². The van der Waals surface area contributed by atoms with Crippen molar-refractivity contribution in [3.8, 4) is 5.75 Å². The topological polar surface area (TPSA) is 72.7 Å². The third kappa shape index (κ3) is 5.06. The number of carbonyl (C=O) groups is 2. The SMILES string of the molecule is O=C(CCC(=O)c1ccc(Cl)s1)Nc1cccc(OCc2cn3ccccc3n2)c1. The van der Waals surface area contributed by atoms with Crippen molar-refractivity contribution in [2.75, 3.05) is 5.32 Å². The van der Waals surface area contributed by atoms with Gasteiger partial charge in [-0.25, -0.2) is 4.98 Å². The van der Waals surface area contributed by atoms with Crippen molar-refractivity contribution in [3.63, 3.8) is 0 Å². The van der Waals surface area contributed by atoms with Crippen LogP contribution >= 0.6 is 22.9 Å². The number of aromatic nitrogens is 2. The van der Waals surface area contributed by atoms with Crippen molar-refractivity contribution >= 4 is 46.0 Å². The lowest BCUT2D eigenvalue weighted by Gasteiger charge is -2.08. The smallest absolute Gasteiger partial charge is 0.224 e. The van der Waals surface area contributed by atoms with E-state index in [1.165, 1.54) is 11.3 Å². The maximum Gasteiger partial charge on any atom is 0.224 e. The number of nitrogens with one attached hydrogen (secondary N) is 1. The van der Waals surface area contributed by atoms with Gasteiger partial charge in [-0.05, 0) is 36.4 Å². The van der Waals surface area contributed by atoms with Crippen molar-refractivity contribution in [2.24, 2.45) is 0 Å². The Hall–Kier alpha value is -3.16. The molecule has 0 saturated heterocycles. The molecule has 0 unspecified atom stereocenters. The number of ketones is 1. The van der Waals surface area contributed by atoms with Crippen LogP contribution in [-0.2, 0) is 11.4 Å². The van der Waals surface area contributed by atoms with Crippen LogP contribution < -0.4 is 10.1 Å². The summed E-state index contributed by atoms with van der Waals surface area (Å²) >= 11 is 7.06. The van der Waals surface area contributed by atoms with Gasteiger partial charge in [0.05, 0.1) is 14.9 Å². The second kappa shape index (κ2) is 9.11. The number of pyridine rings is 1. The Morgan fingerprint density at radius 3 is 2.80 bits per heavy atom. The number of Topliss-reactive ketones (excluding diaryl/α,β-unsaturated/α-hetero) is 1. The van der Waals surface area contributed by atoms with Gasteiger partial charge in [0, 0.05) is 37.0 Å². The van der Waals surface area contributed by atoms with Gasteiger partial charge in [-0.2, -0.15) is 0 Å². The lowest BCUT2D eigenvalue weighted by Crippen LogP contribution is -2.13. The summed E-state index contributed by atoms with van der Waals surface area (Å²) in [5.41, 5.74) is 2.28. The zero-order chi connectivity index (χ0) is 20.9. The highest BCUT2D eigenvalue weighted by atomic mass is 35.5. The average Bonchev–Trinajstić information content (AvgIpc) is 3.36. The van der Waals surface area contributed by atoms with E-state index in [1.54, 1.807) is 30.3 Å². The Labute approximate surface area is 182 Å². The molecule has 3 heterocycles. The number of anilines is 1. The fourth-order valence-electron chi connectivity index (χ4n) is 2.92. The Bertz CT molecular complexity index is 1170. The van der Waals surface area contributed by atoms with Gasteiger partial charge in [0.1, 0.15) is 18.0 Å². The van der Waals surface area contributed by atoms with Crippen LogP contribution in [0.25, 0.3) is 5.65 Å². The number of benzene rings is 1. The van der Waals surface area contributed by atoms with E-state index in [9.17, 15) is 9.59 Å². The fourth-order valence-corrected chi connectivity index (χ4v) is 3.93. The summed E-state index contributed by atoms with van der Waals surface area (Å²) in [4.78, 5) is 29.4. The van der Waals surface area contributed by atoms with Gasteiger partial charge >= 0.3 is 0 Å². The van der Waals surface area contributed by atoms with E-state index in [1.807, 2.05) is 41.1 Å². The van der Waals surface area contributed by atoms with Crippen molar-refractivity contribution in [1.29, 1.82) is 0 Å². The largest absolute Gasteiger partial charge is 0.487 e. The number of imidazole rings is 1. The number of nitrogens with zero attached hydrogens (tertiary/aromatic N) is 2. The number of amides is 1. The molecule has 8 heteroatoms. The lowest BCUT2D eigenvalue weighted by atomic mass is 10.2. The molecule has 0 spiro atoms. The predicted molar refractivity (Wildman–Crippen MR) is 117 cm³/mol. The molecule has 0 atom stereocenters. The number of halogens is 1. The van der Waals surface area contributed by atoms with Crippen LogP contribution in [0.5, 0.6) is 5.75 Å². The summed E-state index contributed by atoms with van der Waals surface area (Å²) in [6.45, 7) is 0.316. The van der Waals surface area contributed by atoms with Crippen LogP contribution in [0.15, 0.2) is 67.0 Å². The lowest BCUT2D eigenvalue weighted by molar-refractivity contribution is -0.116. The molecule has 1 aromatic carbocycles. The number of hydrogen-bond donors (Lipinski definition) is 1. The molecule has 152 valence electrons. The minimum absolute atomic E-state index is 0.0911. The summed E-state index contributed by atoms with van der Waals surface area (Å²) in [5.74, 6) is 0.296. The van der Waals surface area contributed by atoms with Crippen LogP contribution in [0.2, 0.25) is 4.34 Å². The van der Waals surface area contributed by atoms with Crippen molar-refractivity contribution in [3.05, 3.63) is 81.9 Å². The average molecular weight is 440 g/mol. The van der Waals surface area contributed by atoms with E-state index < -0.39 is 0 Å². The number of ether oxygens (including phenoxy) is 1. The van der Waals surface area contributed by atoms with E-state index in [2.05, 4.69) is 10.3 Å². The van der Waals surface area contributed by atoms with Crippen LogP contribution in [0.4, 0.5) is 5.69 Å². The summed E-state index contributed by atoms with van der Waals surface area (Å²) in [6.07, 6.45) is 4.08. The fraction of sp³-hybridized carbons (Fsp3) is 0.136. The van der Waals surface area contributed by atoms with Gasteiger partial charge in [0.2, 0.25) is 5.91 Å². The summed E-state index contributed by atoms with van der Waals surface area (Å²) < 4.78 is 8.30. The zero-order valence-electron chi connectivity index (χ0n) is 15.9. The molecular formula is C22H18ClN3O3S. The van der Waals surface area contributed by atoms with Crippen molar-refractivity contribution in [1.82, 2.24) is 9.38 Å². The Kier molecular flexibility index (Phi) is 6.11. The van der Waals surface area contributed by atoms with Gasteiger partial charge in [-0.15, -0.1) is 11.3 Å². The Morgan fingerprint density at radius 1 is 1.10 bits per heavy atom. The third-order valence-electron chi connectivity index (χ3n) is 4.35. The first kappa shape index (κ1) is 20.1. The summed E-state index contributed by atoms with van der Waals surface area (Å²) in [6, 6.07) is 16.3. The normalized spacial score (nSPS) is 10.8. The molecule has 0 saturated carbocycles. The maximum absolute atomic E-state index is 12.2. The highest BCUT2D eigenvalue weighted by Crippen LogP contribution is 2.23. The Morgan fingerprint density at radius 2 is 2.00 bits per heavy atom. The number of thiophene rings is 1. The van der Waals surface area contributed by atoms with Gasteiger partial charge in [0.15, 0.2) is 5.78 Å². The second-order valence-electron chi connectivity index (χ2n) is 6.59. The van der Waals surface area contributed by atoms with Crippen LogP contribution in [0.3, 0.4) is 0 Å². The molecule has 0 fully saturated rings. The van der Waals surface area contributed by atoms with E-state index in [-0.39, 0.29) is 24.5 Å². The molecule has 0 aliphatic rings. The van der Waals surface area contributed by atoms with Crippen molar-refractivity contribution < 1.29 is 14.3 Å². The Balaban J connectivity index is 1.30. The van der Waals surface area contributed by atoms with E-state index >= 15 is 0 Å². The molecule has 30 heavy (non-hydrogen) atoms. The molecule has 4 rings (SSSR count). The first-order valence-electron chi connectivity index (χ1n) is 9.31. The van der Waals surface area contributed by atoms with Crippen LogP contribution in [0.1, 0.15) is 28.2 Å². The van der Waals surface area contributed by atoms with E-state index in [4.69, 9.17) is 16.3 Å². The highest BCUT2D eigenvalue weighted by molar-refractivity contribution is 7.18. The molecule has 0 aliphatic heterocycles. The summed E-state index contributed by atoms with van der Waals surface area (Å²) in [7, 11) is 0. The number of rotatable bonds is 8. The van der Waals surface area contributed by atoms with Crippen LogP contribution in [-0.4, -0.2) is 21.1 Å². The standard InChI is InChI=1S/C22H18ClN3O3S/c23-20-9-8-19(30-20)18(27)7-10-22(28)25-15-4-3-5-17(12-15)29-14-16-13-26-11-2-1-6-21(26)24-16/h1-6,8-9,11-13H,7,10,14H2,(H,25,28). The zero-order valence-corrected chi connectivity index (χ0v) is 17.4. The predicted octanol–water partition coefficient (Wildman–Crippen LogP) is 5.23. The summed E-state index contributed by atoms with van der Waals surface area (Å²) in [5, 5.41) is 2.80. The molecule has 6 nitrogen and oxygen atoms in total.